The number of hydrogen-bond donors (Lipinski definition) is 0. The van der Waals surface area contributed by atoms with Crippen molar-refractivity contribution < 1.29 is 28.8 Å². The summed E-state index contributed by atoms with van der Waals surface area (Å²) in [5.41, 5.74) is 0. The van der Waals surface area contributed by atoms with E-state index in [1.54, 1.807) is 0 Å². The third-order valence-corrected chi connectivity index (χ3v) is 1.25. The van der Waals surface area contributed by atoms with Crippen molar-refractivity contribution in [3.63, 3.8) is 0 Å². The zero-order valence-corrected chi connectivity index (χ0v) is 7.44. The van der Waals surface area contributed by atoms with Gasteiger partial charge in [0.05, 0.1) is 0 Å². The molecular formula is C7H10O2Ru+. The first-order chi connectivity index (χ1) is 4.50. The Morgan fingerprint density at radius 3 is 0.800 bits per heavy atom. The maximum absolute atomic E-state index is 7.50. The minimum atomic E-state index is 0. The molecule has 1 aliphatic rings. The number of hydrogen-bond acceptors (Lipinski definition) is 0. The van der Waals surface area contributed by atoms with Crippen LogP contribution in [0.1, 0.15) is 32.1 Å². The van der Waals surface area contributed by atoms with Crippen molar-refractivity contribution in [2.45, 2.75) is 32.1 Å². The molecule has 0 heterocycles. The molecule has 1 saturated carbocycles. The van der Waals surface area contributed by atoms with Crippen LogP contribution in [0.15, 0.2) is 0 Å². The molecular weight excluding hydrogens is 217 g/mol. The summed E-state index contributed by atoms with van der Waals surface area (Å²) in [7, 11) is 0. The first kappa shape index (κ1) is 16.6. The van der Waals surface area contributed by atoms with E-state index in [2.05, 4.69) is 13.3 Å². The smallest absolute Gasteiger partial charge is 1.00 e. The Balaban J connectivity index is -0.0000000875. The molecule has 0 aromatic rings. The van der Waals surface area contributed by atoms with Crippen LogP contribution in [0.3, 0.4) is 0 Å². The van der Waals surface area contributed by atoms with Gasteiger partial charge in [0.15, 0.2) is 0 Å². The van der Waals surface area contributed by atoms with Gasteiger partial charge >= 0.3 is 42.1 Å². The molecule has 0 saturated heterocycles. The van der Waals surface area contributed by atoms with Crippen molar-refractivity contribution in [3.8, 4) is 0 Å². The van der Waals surface area contributed by atoms with Crippen LogP contribution in [0.25, 0.3) is 0 Å². The van der Waals surface area contributed by atoms with Gasteiger partial charge < -0.3 is 0 Å². The molecule has 1 fully saturated rings. The second-order valence-corrected chi connectivity index (χ2v) is 1.77. The third-order valence-electron chi connectivity index (χ3n) is 1.25. The predicted octanol–water partition coefficient (Wildman–Crippen LogP) is 1.87. The average Bonchev–Trinajstić information content (AvgIpc) is 2.51. The monoisotopic (exact) mass is 228 g/mol. The molecule has 0 aromatic carbocycles. The first-order valence-corrected chi connectivity index (χ1v) is 2.91. The molecule has 0 aromatic heterocycles. The van der Waals surface area contributed by atoms with E-state index in [4.69, 9.17) is 9.30 Å². The Bertz CT molecular complexity index is 60.6. The summed E-state index contributed by atoms with van der Waals surface area (Å²) in [6, 6.07) is 0. The fourth-order valence-corrected chi connectivity index (χ4v) is 0.884. The standard InChI is InChI=1S/C5H10.2CO.Ru/c1-2-4-5-3-1;2*1-2;/h1-5H2;;;/q;;;+1. The van der Waals surface area contributed by atoms with Gasteiger partial charge in [0.25, 0.3) is 0 Å². The molecule has 0 spiro atoms. The molecule has 2 nitrogen and oxygen atoms in total. The van der Waals surface area contributed by atoms with Crippen LogP contribution in [0.2, 0.25) is 0 Å². The Kier molecular flexibility index (Phi) is 38.1. The SMILES string of the molecule is C1CCCC1.[C-]#[O+].[C-]#[O+].[Ru+]. The summed E-state index contributed by atoms with van der Waals surface area (Å²) in [5.74, 6) is 0. The van der Waals surface area contributed by atoms with Crippen LogP contribution in [0, 0.1) is 13.3 Å². The van der Waals surface area contributed by atoms with Crippen LogP contribution in [0.5, 0.6) is 0 Å². The average molecular weight is 227 g/mol. The van der Waals surface area contributed by atoms with Crippen molar-refractivity contribution in [2.75, 3.05) is 0 Å². The topological polar surface area (TPSA) is 39.8 Å². The molecule has 1 aliphatic carbocycles. The molecule has 0 bridgehead atoms. The second kappa shape index (κ2) is 23.0. The fourth-order valence-electron chi connectivity index (χ4n) is 0.884. The van der Waals surface area contributed by atoms with E-state index in [0.29, 0.717) is 0 Å². The maximum atomic E-state index is 7.50. The van der Waals surface area contributed by atoms with E-state index in [1.165, 1.54) is 32.1 Å². The van der Waals surface area contributed by atoms with Gasteiger partial charge in [-0.25, -0.2) is 0 Å². The largest absolute Gasteiger partial charge is 1.00 e. The van der Waals surface area contributed by atoms with E-state index >= 15 is 0 Å². The summed E-state index contributed by atoms with van der Waals surface area (Å²) in [6.45, 7) is 9.00. The second-order valence-electron chi connectivity index (χ2n) is 1.77. The molecule has 10 heavy (non-hydrogen) atoms. The molecule has 1 radical (unpaired) electrons. The summed E-state index contributed by atoms with van der Waals surface area (Å²) in [6.07, 6.45) is 7.50. The first-order valence-electron chi connectivity index (χ1n) is 2.91. The Morgan fingerprint density at radius 2 is 0.700 bits per heavy atom. The van der Waals surface area contributed by atoms with Crippen LogP contribution < -0.4 is 0 Å². The summed E-state index contributed by atoms with van der Waals surface area (Å²) >= 11 is 0. The molecule has 57 valence electrons. The molecule has 0 atom stereocenters. The molecule has 0 amide bonds. The minimum Gasteiger partial charge on any atom is 1.00 e. The van der Waals surface area contributed by atoms with Gasteiger partial charge in [-0.1, -0.05) is 32.1 Å². The predicted molar refractivity (Wildman–Crippen MR) is 30.9 cm³/mol. The van der Waals surface area contributed by atoms with E-state index in [1.807, 2.05) is 0 Å². The normalized spacial score (nSPS) is 12.4. The third kappa shape index (κ3) is 15.7. The fraction of sp³-hybridized carbons (Fsp3) is 0.714. The van der Waals surface area contributed by atoms with Crippen LogP contribution in [0.4, 0.5) is 0 Å². The van der Waals surface area contributed by atoms with E-state index < -0.39 is 0 Å². The molecule has 3 heteroatoms. The van der Waals surface area contributed by atoms with Crippen molar-refractivity contribution in [3.05, 3.63) is 13.3 Å². The number of rotatable bonds is 0. The minimum absolute atomic E-state index is 0. The maximum Gasteiger partial charge on any atom is 1.00 e. The van der Waals surface area contributed by atoms with Gasteiger partial charge in [-0.3, -0.25) is 0 Å². The van der Waals surface area contributed by atoms with E-state index in [0.717, 1.165) is 0 Å². The van der Waals surface area contributed by atoms with Gasteiger partial charge in [0, 0.05) is 0 Å². The van der Waals surface area contributed by atoms with Crippen molar-refractivity contribution in [2.24, 2.45) is 0 Å². The van der Waals surface area contributed by atoms with E-state index in [-0.39, 0.29) is 19.5 Å². The molecule has 0 N–H and O–H groups in total. The van der Waals surface area contributed by atoms with Crippen molar-refractivity contribution in [1.82, 2.24) is 0 Å². The summed E-state index contributed by atoms with van der Waals surface area (Å²) in [5, 5.41) is 0. The molecule has 1 rings (SSSR count). The molecule has 0 unspecified atom stereocenters. The quantitative estimate of drug-likeness (QED) is 0.344. The van der Waals surface area contributed by atoms with Gasteiger partial charge in [0.2, 0.25) is 0 Å². The summed E-state index contributed by atoms with van der Waals surface area (Å²) < 4.78 is 15.0. The Labute approximate surface area is 74.6 Å². The molecule has 0 aliphatic heterocycles. The van der Waals surface area contributed by atoms with Crippen molar-refractivity contribution in [1.29, 1.82) is 0 Å². The van der Waals surface area contributed by atoms with Gasteiger partial charge in [-0.15, -0.1) is 0 Å². The van der Waals surface area contributed by atoms with Crippen LogP contribution in [-0.2, 0) is 28.8 Å². The van der Waals surface area contributed by atoms with E-state index in [9.17, 15) is 0 Å². The van der Waals surface area contributed by atoms with Gasteiger partial charge in [-0.2, -0.15) is 0 Å². The zero-order valence-electron chi connectivity index (χ0n) is 5.71. The Morgan fingerprint density at radius 1 is 0.600 bits per heavy atom. The Hall–Kier alpha value is 0.103. The summed E-state index contributed by atoms with van der Waals surface area (Å²) in [4.78, 5) is 0. The van der Waals surface area contributed by atoms with Crippen molar-refractivity contribution >= 4 is 0 Å². The zero-order chi connectivity index (χ0) is 7.54. The van der Waals surface area contributed by atoms with Crippen LogP contribution >= 0.6 is 0 Å². The van der Waals surface area contributed by atoms with Gasteiger partial charge in [-0.05, 0) is 0 Å². The van der Waals surface area contributed by atoms with Gasteiger partial charge in [0.1, 0.15) is 0 Å². The van der Waals surface area contributed by atoms with Crippen LogP contribution in [-0.4, -0.2) is 0 Å².